The van der Waals surface area contributed by atoms with Crippen LogP contribution in [0.5, 0.6) is 0 Å². The smallest absolute Gasteiger partial charge is 0.339 e. The van der Waals surface area contributed by atoms with Gasteiger partial charge in [0, 0.05) is 5.39 Å². The van der Waals surface area contributed by atoms with Gasteiger partial charge in [-0.05, 0) is 90.1 Å². The summed E-state index contributed by atoms with van der Waals surface area (Å²) in [6.07, 6.45) is 3.85. The Morgan fingerprint density at radius 1 is 0.946 bits per heavy atom. The molecule has 3 heteroatoms. The first kappa shape index (κ1) is 25.0. The third kappa shape index (κ3) is 4.96. The average molecular weight is 490 g/mol. The van der Waals surface area contributed by atoms with Gasteiger partial charge in [0.1, 0.15) is 6.61 Å². The molecule has 0 amide bonds. The topological polar surface area (TPSA) is 39.2 Å². The number of ether oxygens (including phenoxy) is 1. The van der Waals surface area contributed by atoms with E-state index in [-0.39, 0.29) is 18.0 Å². The van der Waals surface area contributed by atoms with Crippen molar-refractivity contribution >= 4 is 28.5 Å². The standard InChI is InChI=1S/C34H35NO2/c1-21-11-13-24(14-12-21)19-25-15-16-28-31(27-9-7-8-10-30(27)35-32(25)28)33(36)37-20-29-22(2)17-26(18-23(29)3)34(4,5)6/h7-14,17-19H,15-16,20H2,1-6H3. The second-order valence-corrected chi connectivity index (χ2v) is 11.3. The van der Waals surface area contributed by atoms with Gasteiger partial charge >= 0.3 is 5.97 Å². The largest absolute Gasteiger partial charge is 0.457 e. The van der Waals surface area contributed by atoms with Gasteiger partial charge in [-0.1, -0.05) is 80.9 Å². The summed E-state index contributed by atoms with van der Waals surface area (Å²) in [7, 11) is 0. The highest BCUT2D eigenvalue weighted by Gasteiger charge is 2.28. The lowest BCUT2D eigenvalue weighted by Gasteiger charge is -2.22. The van der Waals surface area contributed by atoms with Crippen LogP contribution in [0.1, 0.15) is 82.2 Å². The summed E-state index contributed by atoms with van der Waals surface area (Å²) in [4.78, 5) is 18.7. The molecule has 1 aliphatic carbocycles. The zero-order valence-corrected chi connectivity index (χ0v) is 22.7. The predicted octanol–water partition coefficient (Wildman–Crippen LogP) is 8.30. The van der Waals surface area contributed by atoms with Gasteiger partial charge in [-0.25, -0.2) is 9.78 Å². The number of hydrogen-bond acceptors (Lipinski definition) is 3. The summed E-state index contributed by atoms with van der Waals surface area (Å²) in [6.45, 7) is 13.2. The molecule has 0 bridgehead atoms. The SMILES string of the molecule is Cc1ccc(C=C2CCc3c2nc2ccccc2c3C(=O)OCc2c(C)cc(C(C)(C)C)cc2C)cc1. The van der Waals surface area contributed by atoms with Gasteiger partial charge < -0.3 is 4.74 Å². The van der Waals surface area contributed by atoms with Gasteiger partial charge in [0.25, 0.3) is 0 Å². The number of aryl methyl sites for hydroxylation is 3. The Hall–Kier alpha value is -3.72. The van der Waals surface area contributed by atoms with Crippen molar-refractivity contribution in [3.63, 3.8) is 0 Å². The molecule has 0 N–H and O–H groups in total. The Bertz CT molecular complexity index is 1510. The van der Waals surface area contributed by atoms with Crippen molar-refractivity contribution in [2.24, 2.45) is 0 Å². The van der Waals surface area contributed by atoms with E-state index in [4.69, 9.17) is 9.72 Å². The summed E-state index contributed by atoms with van der Waals surface area (Å²) in [6, 6.07) is 20.8. The number of pyridine rings is 1. The third-order valence-corrected chi connectivity index (χ3v) is 7.47. The van der Waals surface area contributed by atoms with Crippen molar-refractivity contribution in [3.8, 4) is 0 Å². The van der Waals surface area contributed by atoms with E-state index in [1.165, 1.54) is 16.7 Å². The van der Waals surface area contributed by atoms with E-state index in [2.05, 4.69) is 84.0 Å². The van der Waals surface area contributed by atoms with Crippen LogP contribution in [0.2, 0.25) is 0 Å². The maximum atomic E-state index is 13.7. The molecule has 37 heavy (non-hydrogen) atoms. The zero-order valence-electron chi connectivity index (χ0n) is 22.7. The molecule has 0 saturated heterocycles. The van der Waals surface area contributed by atoms with Crippen molar-refractivity contribution in [1.82, 2.24) is 4.98 Å². The molecule has 0 atom stereocenters. The number of benzene rings is 3. The van der Waals surface area contributed by atoms with Crippen LogP contribution in [0, 0.1) is 20.8 Å². The molecule has 3 aromatic carbocycles. The molecule has 0 saturated carbocycles. The fourth-order valence-corrected chi connectivity index (χ4v) is 5.24. The molecule has 1 heterocycles. The van der Waals surface area contributed by atoms with Crippen molar-refractivity contribution < 1.29 is 9.53 Å². The van der Waals surface area contributed by atoms with E-state index >= 15 is 0 Å². The van der Waals surface area contributed by atoms with Crippen LogP contribution in [0.3, 0.4) is 0 Å². The highest BCUT2D eigenvalue weighted by atomic mass is 16.5. The normalized spacial score (nSPS) is 14.3. The minimum Gasteiger partial charge on any atom is -0.457 e. The zero-order chi connectivity index (χ0) is 26.3. The van der Waals surface area contributed by atoms with Gasteiger partial charge in [-0.2, -0.15) is 0 Å². The molecule has 4 aromatic rings. The third-order valence-electron chi connectivity index (χ3n) is 7.47. The summed E-state index contributed by atoms with van der Waals surface area (Å²) in [5.74, 6) is -0.273. The lowest BCUT2D eigenvalue weighted by atomic mass is 9.84. The summed E-state index contributed by atoms with van der Waals surface area (Å²) >= 11 is 0. The number of aromatic nitrogens is 1. The minimum absolute atomic E-state index is 0.0744. The second-order valence-electron chi connectivity index (χ2n) is 11.3. The number of allylic oxidation sites excluding steroid dienone is 1. The highest BCUT2D eigenvalue weighted by molar-refractivity contribution is 6.07. The molecule has 0 unspecified atom stereocenters. The number of carbonyl (C=O) groups excluding carboxylic acids is 1. The van der Waals surface area contributed by atoms with Gasteiger partial charge in [-0.15, -0.1) is 0 Å². The van der Waals surface area contributed by atoms with Crippen LogP contribution in [0.4, 0.5) is 0 Å². The first-order valence-corrected chi connectivity index (χ1v) is 13.1. The molecule has 1 aliphatic rings. The van der Waals surface area contributed by atoms with Crippen molar-refractivity contribution in [2.45, 2.75) is 66.4 Å². The van der Waals surface area contributed by atoms with Crippen LogP contribution in [-0.4, -0.2) is 11.0 Å². The lowest BCUT2D eigenvalue weighted by Crippen LogP contribution is -2.14. The van der Waals surface area contributed by atoms with Crippen LogP contribution in [0.15, 0.2) is 60.7 Å². The fraction of sp³-hybridized carbons (Fsp3) is 0.294. The van der Waals surface area contributed by atoms with Crippen molar-refractivity contribution in [1.29, 1.82) is 0 Å². The maximum absolute atomic E-state index is 13.7. The molecule has 188 valence electrons. The quantitative estimate of drug-likeness (QED) is 0.271. The van der Waals surface area contributed by atoms with E-state index in [1.807, 2.05) is 24.3 Å². The van der Waals surface area contributed by atoms with Crippen molar-refractivity contribution in [2.75, 3.05) is 0 Å². The Labute approximate surface area is 220 Å². The Kier molecular flexibility index (Phi) is 6.49. The number of nitrogens with zero attached hydrogens (tertiary/aromatic N) is 1. The van der Waals surface area contributed by atoms with Gasteiger partial charge in [0.2, 0.25) is 0 Å². The Morgan fingerprint density at radius 2 is 1.62 bits per heavy atom. The molecule has 3 nitrogen and oxygen atoms in total. The monoisotopic (exact) mass is 489 g/mol. The molecule has 1 aromatic heterocycles. The van der Waals surface area contributed by atoms with Gasteiger partial charge in [-0.3, -0.25) is 0 Å². The Balaban J connectivity index is 1.50. The number of rotatable bonds is 4. The number of hydrogen-bond donors (Lipinski definition) is 0. The van der Waals surface area contributed by atoms with Crippen LogP contribution in [-0.2, 0) is 23.2 Å². The molecule has 0 spiro atoms. The van der Waals surface area contributed by atoms with E-state index in [0.717, 1.165) is 57.3 Å². The first-order chi connectivity index (χ1) is 17.6. The van der Waals surface area contributed by atoms with Crippen LogP contribution in [0.25, 0.3) is 22.6 Å². The molecular weight excluding hydrogens is 454 g/mol. The van der Waals surface area contributed by atoms with Crippen molar-refractivity contribution in [3.05, 3.63) is 111 Å². The average Bonchev–Trinajstić information content (AvgIpc) is 3.24. The van der Waals surface area contributed by atoms with E-state index < -0.39 is 0 Å². The highest BCUT2D eigenvalue weighted by Crippen LogP contribution is 2.38. The predicted molar refractivity (Wildman–Crippen MR) is 153 cm³/mol. The summed E-state index contributed by atoms with van der Waals surface area (Å²) in [5.41, 5.74) is 11.7. The lowest BCUT2D eigenvalue weighted by molar-refractivity contribution is 0.0472. The fourth-order valence-electron chi connectivity index (χ4n) is 5.24. The molecule has 5 rings (SSSR count). The summed E-state index contributed by atoms with van der Waals surface area (Å²) in [5, 5.41) is 0.861. The van der Waals surface area contributed by atoms with Gasteiger partial charge in [0.15, 0.2) is 0 Å². The second kappa shape index (κ2) is 9.63. The number of para-hydroxylation sites is 1. The Morgan fingerprint density at radius 3 is 2.30 bits per heavy atom. The molecular formula is C34H35NO2. The molecule has 0 fully saturated rings. The molecule has 0 radical (unpaired) electrons. The van der Waals surface area contributed by atoms with Crippen LogP contribution < -0.4 is 0 Å². The minimum atomic E-state index is -0.273. The number of fused-ring (bicyclic) bond motifs is 2. The number of carbonyl (C=O) groups is 1. The summed E-state index contributed by atoms with van der Waals surface area (Å²) < 4.78 is 6.02. The number of esters is 1. The van der Waals surface area contributed by atoms with E-state index in [9.17, 15) is 4.79 Å². The van der Waals surface area contributed by atoms with E-state index in [0.29, 0.717) is 5.56 Å². The van der Waals surface area contributed by atoms with Crippen LogP contribution >= 0.6 is 0 Å². The van der Waals surface area contributed by atoms with Gasteiger partial charge in [0.05, 0.1) is 16.8 Å². The molecule has 0 aliphatic heterocycles. The maximum Gasteiger partial charge on any atom is 0.339 e. The first-order valence-electron chi connectivity index (χ1n) is 13.1. The van der Waals surface area contributed by atoms with E-state index in [1.54, 1.807) is 0 Å².